The fourth-order valence-electron chi connectivity index (χ4n) is 7.51. The molecule has 0 fully saturated rings. The van der Waals surface area contributed by atoms with Crippen LogP contribution in [0.15, 0.2) is 204 Å². The van der Waals surface area contributed by atoms with E-state index in [1.165, 1.54) is 20.2 Å². The number of aliphatic imine (C=N–C) groups is 2. The Morgan fingerprint density at radius 1 is 0.386 bits per heavy atom. The molecule has 7 aromatic carbocycles. The second-order valence-corrected chi connectivity index (χ2v) is 15.2. The van der Waals surface area contributed by atoms with Crippen molar-refractivity contribution in [2.45, 2.75) is 12.8 Å². The van der Waals surface area contributed by atoms with Crippen LogP contribution in [-0.2, 0) is 0 Å². The first-order chi connectivity index (χ1) is 28.2. The molecule has 2 aromatic heterocycles. The smallest absolute Gasteiger partial charge is 0.160 e. The maximum Gasteiger partial charge on any atom is 0.160 e. The Kier molecular flexibility index (Phi) is 9.19. The highest BCUT2D eigenvalue weighted by atomic mass is 32.1. The maximum atomic E-state index is 5.31. The number of hydrogen-bond donors (Lipinski definition) is 0. The Morgan fingerprint density at radius 3 is 1.72 bits per heavy atom. The average molecular weight is 749 g/mol. The summed E-state index contributed by atoms with van der Waals surface area (Å²) in [5.41, 5.74) is 12.2. The third-order valence-electron chi connectivity index (χ3n) is 10.4. The molecular formula is C52H36N4S. The van der Waals surface area contributed by atoms with Gasteiger partial charge in [-0.2, -0.15) is 0 Å². The van der Waals surface area contributed by atoms with E-state index >= 15 is 0 Å². The number of aromatic nitrogens is 2. The number of allylic oxidation sites excluding steroid dienone is 1. The van der Waals surface area contributed by atoms with Gasteiger partial charge in [0, 0.05) is 48.0 Å². The van der Waals surface area contributed by atoms with Gasteiger partial charge >= 0.3 is 0 Å². The minimum Gasteiger partial charge on any atom is -0.232 e. The van der Waals surface area contributed by atoms with E-state index in [0.717, 1.165) is 80.1 Å². The van der Waals surface area contributed by atoms with Gasteiger partial charge < -0.3 is 0 Å². The lowest BCUT2D eigenvalue weighted by molar-refractivity contribution is 1.09. The van der Waals surface area contributed by atoms with Gasteiger partial charge in [-0.05, 0) is 59.9 Å². The van der Waals surface area contributed by atoms with Crippen LogP contribution in [0.3, 0.4) is 0 Å². The average Bonchev–Trinajstić information content (AvgIpc) is 3.65. The normalized spacial score (nSPS) is 13.1. The molecule has 57 heavy (non-hydrogen) atoms. The van der Waals surface area contributed by atoms with E-state index in [-0.39, 0.29) is 0 Å². The van der Waals surface area contributed by atoms with E-state index in [4.69, 9.17) is 20.0 Å². The lowest BCUT2D eigenvalue weighted by atomic mass is 9.97. The minimum absolute atomic E-state index is 0.703. The zero-order chi connectivity index (χ0) is 38.0. The number of hydrogen-bond acceptors (Lipinski definition) is 5. The van der Waals surface area contributed by atoms with Gasteiger partial charge in [-0.3, -0.25) is 0 Å². The predicted octanol–water partition coefficient (Wildman–Crippen LogP) is 13.6. The van der Waals surface area contributed by atoms with Gasteiger partial charge in [-0.15, -0.1) is 11.3 Å². The van der Waals surface area contributed by atoms with Crippen molar-refractivity contribution in [1.29, 1.82) is 0 Å². The summed E-state index contributed by atoms with van der Waals surface area (Å²) < 4.78 is 2.59. The first-order valence-electron chi connectivity index (χ1n) is 19.3. The van der Waals surface area contributed by atoms with Gasteiger partial charge in [-0.25, -0.2) is 20.0 Å². The van der Waals surface area contributed by atoms with Crippen LogP contribution in [0.5, 0.6) is 0 Å². The fourth-order valence-corrected chi connectivity index (χ4v) is 8.66. The molecule has 0 aliphatic carbocycles. The minimum atomic E-state index is 0.703. The van der Waals surface area contributed by atoms with Gasteiger partial charge in [0.15, 0.2) is 11.7 Å². The van der Waals surface area contributed by atoms with Crippen molar-refractivity contribution >= 4 is 48.8 Å². The summed E-state index contributed by atoms with van der Waals surface area (Å²) in [5, 5.41) is 2.60. The first kappa shape index (κ1) is 34.4. The molecular weight excluding hydrogens is 713 g/mol. The molecule has 1 aliphatic rings. The fraction of sp³-hybridized carbons (Fsp3) is 0.0385. The quantitative estimate of drug-likeness (QED) is 0.163. The second-order valence-electron chi connectivity index (χ2n) is 14.2. The number of fused-ring (bicyclic) bond motifs is 3. The van der Waals surface area contributed by atoms with Crippen LogP contribution in [0.2, 0.25) is 0 Å². The Morgan fingerprint density at radius 2 is 0.965 bits per heavy atom. The summed E-state index contributed by atoms with van der Waals surface area (Å²) in [5.74, 6) is 1.42. The number of benzene rings is 7. The number of rotatable bonds is 7. The Hall–Kier alpha value is -7.08. The summed E-state index contributed by atoms with van der Waals surface area (Å²) in [6, 6.07) is 65.6. The van der Waals surface area contributed by atoms with Crippen molar-refractivity contribution in [2.75, 3.05) is 0 Å². The van der Waals surface area contributed by atoms with E-state index in [9.17, 15) is 0 Å². The zero-order valence-corrected chi connectivity index (χ0v) is 31.9. The molecule has 0 spiro atoms. The van der Waals surface area contributed by atoms with Gasteiger partial charge in [0.1, 0.15) is 0 Å². The topological polar surface area (TPSA) is 50.5 Å². The summed E-state index contributed by atoms with van der Waals surface area (Å²) in [7, 11) is 0. The summed E-state index contributed by atoms with van der Waals surface area (Å²) in [4.78, 5) is 20.7. The first-order valence-corrected chi connectivity index (χ1v) is 20.1. The molecule has 0 saturated heterocycles. The second kappa shape index (κ2) is 15.2. The number of thiophene rings is 1. The molecule has 0 bridgehead atoms. The molecule has 0 saturated carbocycles. The van der Waals surface area contributed by atoms with Crippen molar-refractivity contribution in [3.05, 3.63) is 211 Å². The molecule has 0 unspecified atom stereocenters. The van der Waals surface area contributed by atoms with Gasteiger partial charge in [0.05, 0.1) is 22.8 Å². The van der Waals surface area contributed by atoms with Crippen LogP contribution < -0.4 is 0 Å². The molecule has 0 N–H and O–H groups in total. The molecule has 0 atom stereocenters. The van der Waals surface area contributed by atoms with Gasteiger partial charge in [0.2, 0.25) is 0 Å². The molecule has 0 amide bonds. The van der Waals surface area contributed by atoms with E-state index < -0.39 is 0 Å². The van der Waals surface area contributed by atoms with Crippen molar-refractivity contribution in [3.8, 4) is 45.0 Å². The highest BCUT2D eigenvalue weighted by Gasteiger charge is 2.16. The zero-order valence-electron chi connectivity index (χ0n) is 31.1. The third kappa shape index (κ3) is 7.13. The Bertz CT molecular complexity index is 2940. The molecule has 0 radical (unpaired) electrons. The van der Waals surface area contributed by atoms with Crippen LogP contribution in [-0.4, -0.2) is 21.5 Å². The molecule has 9 aromatic rings. The predicted molar refractivity (Wildman–Crippen MR) is 240 cm³/mol. The molecule has 10 rings (SSSR count). The highest BCUT2D eigenvalue weighted by molar-refractivity contribution is 7.25. The monoisotopic (exact) mass is 748 g/mol. The highest BCUT2D eigenvalue weighted by Crippen LogP contribution is 2.36. The Balaban J connectivity index is 1.01. The van der Waals surface area contributed by atoms with Gasteiger partial charge in [-0.1, -0.05) is 164 Å². The van der Waals surface area contributed by atoms with E-state index in [2.05, 4.69) is 152 Å². The van der Waals surface area contributed by atoms with Crippen LogP contribution in [0, 0.1) is 0 Å². The van der Waals surface area contributed by atoms with E-state index in [0.29, 0.717) is 11.7 Å². The standard InChI is InChI=1S/C52H36N4S/c1-4-15-35(16-5-1)47-34-48(56-52(55-47)37-19-8-3-9-20-37)41-24-13-22-39(32-41)38-21-12-23-40(31-38)45-26-14-27-46(54-51(53-45)36-17-6-2-7-18-36)42-29-30-44-43-25-10-11-28-49(43)57-50(44)33-42/h1-13,15-26,28-34H,14,27H2. The summed E-state index contributed by atoms with van der Waals surface area (Å²) in [6.07, 6.45) is 3.90. The summed E-state index contributed by atoms with van der Waals surface area (Å²) in [6.45, 7) is 0. The van der Waals surface area contributed by atoms with Crippen LogP contribution in [0.1, 0.15) is 29.5 Å². The molecule has 5 heteroatoms. The van der Waals surface area contributed by atoms with Gasteiger partial charge in [0.25, 0.3) is 0 Å². The largest absolute Gasteiger partial charge is 0.232 e. The summed E-state index contributed by atoms with van der Waals surface area (Å²) >= 11 is 1.84. The third-order valence-corrected chi connectivity index (χ3v) is 11.5. The van der Waals surface area contributed by atoms with Crippen molar-refractivity contribution < 1.29 is 0 Å². The van der Waals surface area contributed by atoms with E-state index in [1.54, 1.807) is 0 Å². The van der Waals surface area contributed by atoms with Crippen LogP contribution in [0.4, 0.5) is 0 Å². The SMILES string of the molecule is C1=C(c2cccc(-c3cccc(-c4cc(-c5ccccc5)nc(-c5ccccc5)n4)c3)c2)N=C(c2ccccc2)N=C(c2ccc3c(c2)sc2ccccc23)CC1. The number of nitrogens with zero attached hydrogens (tertiary/aromatic N) is 4. The van der Waals surface area contributed by atoms with Crippen LogP contribution in [0.25, 0.3) is 70.9 Å². The lowest BCUT2D eigenvalue weighted by Gasteiger charge is -2.14. The van der Waals surface area contributed by atoms with Crippen LogP contribution >= 0.6 is 11.3 Å². The van der Waals surface area contributed by atoms with E-state index in [1.807, 2.05) is 53.8 Å². The molecule has 270 valence electrons. The Labute approximate surface area is 336 Å². The van der Waals surface area contributed by atoms with Crippen molar-refractivity contribution in [3.63, 3.8) is 0 Å². The van der Waals surface area contributed by atoms with Crippen molar-refractivity contribution in [1.82, 2.24) is 9.97 Å². The number of amidine groups is 1. The molecule has 4 nitrogen and oxygen atoms in total. The molecule has 3 heterocycles. The maximum absolute atomic E-state index is 5.31. The van der Waals surface area contributed by atoms with Crippen molar-refractivity contribution in [2.24, 2.45) is 9.98 Å². The lowest BCUT2D eigenvalue weighted by Crippen LogP contribution is -2.09. The molecule has 1 aliphatic heterocycles.